The van der Waals surface area contributed by atoms with Gasteiger partial charge in [-0.1, -0.05) is 30.3 Å². The smallest absolute Gasteiger partial charge is 0.328 e. The van der Waals surface area contributed by atoms with E-state index < -0.39 is 34.8 Å². The Kier molecular flexibility index (Phi) is 5.12. The Morgan fingerprint density at radius 1 is 1.21 bits per heavy atom. The number of pyridine rings is 2. The summed E-state index contributed by atoms with van der Waals surface area (Å²) in [5.74, 6) is -2.03. The molecule has 0 aliphatic rings. The molecule has 0 spiro atoms. The maximum atomic E-state index is 12.6. The molecule has 2 heterocycles. The maximum absolute atomic E-state index is 12.6. The number of ether oxygens (including phenoxy) is 1. The number of carbonyl (C=O) groups is 2. The van der Waals surface area contributed by atoms with E-state index in [9.17, 15) is 19.5 Å². The van der Waals surface area contributed by atoms with Gasteiger partial charge in [-0.3, -0.25) is 14.2 Å². The summed E-state index contributed by atoms with van der Waals surface area (Å²) in [6.07, 6.45) is 1.59. The van der Waals surface area contributed by atoms with Gasteiger partial charge in [-0.05, 0) is 18.6 Å². The second-order valence-corrected chi connectivity index (χ2v) is 6.27. The summed E-state index contributed by atoms with van der Waals surface area (Å²) in [5, 5.41) is 13.3. The lowest BCUT2D eigenvalue weighted by Crippen LogP contribution is -2.41. The molecule has 144 valence electrons. The molecule has 0 aliphatic carbocycles. The third-order valence-electron chi connectivity index (χ3n) is 4.43. The van der Waals surface area contributed by atoms with Crippen LogP contribution in [0.3, 0.4) is 0 Å². The molecule has 1 atom stereocenters. The van der Waals surface area contributed by atoms with Crippen molar-refractivity contribution in [1.82, 2.24) is 14.9 Å². The van der Waals surface area contributed by atoms with Gasteiger partial charge >= 0.3 is 5.97 Å². The Balaban J connectivity index is 2.14. The Labute approximate surface area is 160 Å². The second-order valence-electron chi connectivity index (χ2n) is 6.27. The lowest BCUT2D eigenvalue weighted by atomic mass is 10.0. The Morgan fingerprint density at radius 2 is 1.89 bits per heavy atom. The van der Waals surface area contributed by atoms with E-state index in [0.29, 0.717) is 0 Å². The number of nitrogens with zero attached hydrogens (tertiary/aromatic N) is 2. The highest BCUT2D eigenvalue weighted by atomic mass is 16.5. The average Bonchev–Trinajstić information content (AvgIpc) is 2.71. The molecule has 1 aromatic carbocycles. The fraction of sp³-hybridized carbons (Fsp3) is 0.200. The lowest BCUT2D eigenvalue weighted by molar-refractivity contribution is -0.142. The number of aromatic hydroxyl groups is 1. The summed E-state index contributed by atoms with van der Waals surface area (Å²) in [7, 11) is 2.65. The predicted molar refractivity (Wildman–Crippen MR) is 103 cm³/mol. The van der Waals surface area contributed by atoms with E-state index in [2.05, 4.69) is 15.0 Å². The quantitative estimate of drug-likeness (QED) is 0.664. The predicted octanol–water partition coefficient (Wildman–Crippen LogP) is 1.60. The van der Waals surface area contributed by atoms with Crippen LogP contribution in [-0.2, 0) is 16.6 Å². The van der Waals surface area contributed by atoms with Gasteiger partial charge in [0.2, 0.25) is 0 Å². The molecule has 0 bridgehead atoms. The number of rotatable bonds is 4. The topological polar surface area (TPSA) is 111 Å². The van der Waals surface area contributed by atoms with Crippen molar-refractivity contribution in [1.29, 1.82) is 0 Å². The van der Waals surface area contributed by atoms with Crippen LogP contribution in [0.4, 0.5) is 0 Å². The first-order valence-electron chi connectivity index (χ1n) is 8.51. The fourth-order valence-corrected chi connectivity index (χ4v) is 2.90. The minimum absolute atomic E-state index is 0.236. The summed E-state index contributed by atoms with van der Waals surface area (Å²) in [4.78, 5) is 41.0. The van der Waals surface area contributed by atoms with Crippen molar-refractivity contribution >= 4 is 22.9 Å². The zero-order chi connectivity index (χ0) is 20.4. The van der Waals surface area contributed by atoms with Crippen LogP contribution in [0.5, 0.6) is 5.75 Å². The number of fused-ring (bicyclic) bond motifs is 1. The molecule has 28 heavy (non-hydrogen) atoms. The normalized spacial score (nSPS) is 11.8. The van der Waals surface area contributed by atoms with E-state index in [0.717, 1.165) is 11.1 Å². The van der Waals surface area contributed by atoms with Crippen LogP contribution < -0.4 is 10.9 Å². The highest BCUT2D eigenvalue weighted by Gasteiger charge is 2.25. The molecule has 0 saturated carbocycles. The van der Waals surface area contributed by atoms with E-state index >= 15 is 0 Å². The molecule has 8 nitrogen and oxygen atoms in total. The number of esters is 1. The van der Waals surface area contributed by atoms with Crippen molar-refractivity contribution in [3.63, 3.8) is 0 Å². The first-order chi connectivity index (χ1) is 13.3. The van der Waals surface area contributed by atoms with Gasteiger partial charge in [0.1, 0.15) is 23.0 Å². The third-order valence-corrected chi connectivity index (χ3v) is 4.43. The molecule has 0 saturated heterocycles. The van der Waals surface area contributed by atoms with E-state index in [1.807, 2.05) is 30.3 Å². The van der Waals surface area contributed by atoms with Crippen LogP contribution in [0.15, 0.2) is 47.4 Å². The van der Waals surface area contributed by atoms with Crippen molar-refractivity contribution < 1.29 is 19.4 Å². The molecule has 1 amide bonds. The van der Waals surface area contributed by atoms with Gasteiger partial charge in [0.15, 0.2) is 0 Å². The zero-order valence-corrected chi connectivity index (χ0v) is 15.6. The number of hydrogen-bond donors (Lipinski definition) is 2. The maximum Gasteiger partial charge on any atom is 0.328 e. The largest absolute Gasteiger partial charge is 0.506 e. The van der Waals surface area contributed by atoms with Crippen molar-refractivity contribution in [3.05, 3.63) is 58.5 Å². The van der Waals surface area contributed by atoms with E-state index in [1.165, 1.54) is 25.6 Å². The molecule has 0 unspecified atom stereocenters. The number of benzene rings is 1. The molecule has 0 aliphatic heterocycles. The summed E-state index contributed by atoms with van der Waals surface area (Å²) in [5.41, 5.74) is 0.642. The Morgan fingerprint density at radius 3 is 2.54 bits per heavy atom. The van der Waals surface area contributed by atoms with Crippen LogP contribution in [-0.4, -0.2) is 39.7 Å². The summed E-state index contributed by atoms with van der Waals surface area (Å²) >= 11 is 0. The summed E-state index contributed by atoms with van der Waals surface area (Å²) in [6, 6.07) is 10.1. The minimum atomic E-state index is -0.980. The molecule has 0 radical (unpaired) electrons. The monoisotopic (exact) mass is 381 g/mol. The van der Waals surface area contributed by atoms with Gasteiger partial charge in [-0.2, -0.15) is 0 Å². The van der Waals surface area contributed by atoms with E-state index in [4.69, 9.17) is 0 Å². The standard InChI is InChI=1S/C20H19N3O5/c1-11(20(27)28-3)22-18(25)15-16(24)14-9-13(12-7-5-4-6-8-12)10-21-17(14)23(2)19(15)26/h4-11,24H,1-3H3,(H,22,25)/t11-/m0/s1. The average molecular weight is 381 g/mol. The first-order valence-corrected chi connectivity index (χ1v) is 8.51. The highest BCUT2D eigenvalue weighted by Crippen LogP contribution is 2.29. The molecule has 2 N–H and O–H groups in total. The molecule has 8 heteroatoms. The Bertz CT molecular complexity index is 1120. The fourth-order valence-electron chi connectivity index (χ4n) is 2.90. The van der Waals surface area contributed by atoms with Crippen molar-refractivity contribution in [2.75, 3.05) is 7.11 Å². The van der Waals surface area contributed by atoms with E-state index in [1.54, 1.807) is 12.3 Å². The lowest BCUT2D eigenvalue weighted by Gasteiger charge is -2.14. The Hall–Kier alpha value is -3.68. The number of aromatic nitrogens is 2. The molecule has 3 aromatic rings. The van der Waals surface area contributed by atoms with Gasteiger partial charge in [0.05, 0.1) is 12.5 Å². The van der Waals surface area contributed by atoms with Gasteiger partial charge in [0, 0.05) is 18.8 Å². The molecular weight excluding hydrogens is 362 g/mol. The van der Waals surface area contributed by atoms with Crippen molar-refractivity contribution in [2.45, 2.75) is 13.0 Å². The third kappa shape index (κ3) is 3.32. The zero-order valence-electron chi connectivity index (χ0n) is 15.6. The number of nitrogens with one attached hydrogen (secondary N) is 1. The van der Waals surface area contributed by atoms with Gasteiger partial charge in [-0.25, -0.2) is 9.78 Å². The van der Waals surface area contributed by atoms with Gasteiger partial charge < -0.3 is 15.2 Å². The number of aryl methyl sites for hydroxylation is 1. The number of amides is 1. The van der Waals surface area contributed by atoms with E-state index in [-0.39, 0.29) is 11.0 Å². The number of methoxy groups -OCH3 is 1. The van der Waals surface area contributed by atoms with Crippen molar-refractivity contribution in [2.24, 2.45) is 7.05 Å². The van der Waals surface area contributed by atoms with Crippen LogP contribution in [0.25, 0.3) is 22.2 Å². The molecule has 0 fully saturated rings. The number of hydrogen-bond acceptors (Lipinski definition) is 6. The van der Waals surface area contributed by atoms with Crippen LogP contribution >= 0.6 is 0 Å². The SMILES string of the molecule is COC(=O)[C@H](C)NC(=O)c1c(O)c2cc(-c3ccccc3)cnc2n(C)c1=O. The summed E-state index contributed by atoms with van der Waals surface area (Å²) < 4.78 is 5.74. The van der Waals surface area contributed by atoms with Crippen molar-refractivity contribution in [3.8, 4) is 16.9 Å². The molecule has 3 rings (SSSR count). The number of carbonyl (C=O) groups excluding carboxylic acids is 2. The van der Waals surface area contributed by atoms with Crippen LogP contribution in [0.1, 0.15) is 17.3 Å². The summed E-state index contributed by atoms with van der Waals surface area (Å²) in [6.45, 7) is 1.42. The molecular formula is C20H19N3O5. The second kappa shape index (κ2) is 7.51. The minimum Gasteiger partial charge on any atom is -0.506 e. The van der Waals surface area contributed by atoms with Gasteiger partial charge in [-0.15, -0.1) is 0 Å². The van der Waals surface area contributed by atoms with Gasteiger partial charge in [0.25, 0.3) is 11.5 Å². The highest BCUT2D eigenvalue weighted by molar-refractivity contribution is 6.03. The first kappa shape index (κ1) is 19.1. The van der Waals surface area contributed by atoms with Crippen LogP contribution in [0, 0.1) is 0 Å². The van der Waals surface area contributed by atoms with Crippen LogP contribution in [0.2, 0.25) is 0 Å². The molecule has 2 aromatic heterocycles.